The Morgan fingerprint density at radius 1 is 1.38 bits per heavy atom. The Kier molecular flexibility index (Phi) is 5.38. The number of carbonyl (C=O) groups is 1. The highest BCUT2D eigenvalue weighted by atomic mass is 16.5. The van der Waals surface area contributed by atoms with Gasteiger partial charge in [-0.15, -0.1) is 0 Å². The fourth-order valence-corrected chi connectivity index (χ4v) is 3.60. The van der Waals surface area contributed by atoms with Gasteiger partial charge in [-0.2, -0.15) is 0 Å². The molecular weight excluding hydrogens is 308 g/mol. The molecule has 24 heavy (non-hydrogen) atoms. The number of aliphatic hydroxyl groups excluding tert-OH is 1. The van der Waals surface area contributed by atoms with Crippen LogP contribution in [0, 0.1) is 0 Å². The Hall–Kier alpha value is -1.63. The van der Waals surface area contributed by atoms with Crippen LogP contribution in [-0.2, 0) is 9.53 Å². The molecule has 1 aliphatic carbocycles. The number of ether oxygens (including phenoxy) is 2. The lowest BCUT2D eigenvalue weighted by atomic mass is 9.74. The maximum Gasteiger partial charge on any atom is 0.240 e. The zero-order chi connectivity index (χ0) is 17.0. The smallest absolute Gasteiger partial charge is 0.240 e. The van der Waals surface area contributed by atoms with Crippen LogP contribution in [0.1, 0.15) is 30.9 Å². The molecule has 6 heteroatoms. The second-order valence-electron chi connectivity index (χ2n) is 6.45. The van der Waals surface area contributed by atoms with Crippen LogP contribution in [0.5, 0.6) is 5.75 Å². The summed E-state index contributed by atoms with van der Waals surface area (Å²) in [5.74, 6) is 0.649. The minimum absolute atomic E-state index is 0.0181. The molecule has 1 heterocycles. The molecule has 1 aromatic carbocycles. The second-order valence-corrected chi connectivity index (χ2v) is 6.45. The van der Waals surface area contributed by atoms with Gasteiger partial charge in [0.05, 0.1) is 26.4 Å². The molecule has 2 fully saturated rings. The number of para-hydroxylation sites is 1. The molecule has 1 unspecified atom stereocenters. The van der Waals surface area contributed by atoms with Crippen LogP contribution < -0.4 is 10.1 Å². The van der Waals surface area contributed by atoms with E-state index in [1.54, 1.807) is 7.11 Å². The van der Waals surface area contributed by atoms with E-state index in [0.717, 1.165) is 32.4 Å². The third kappa shape index (κ3) is 3.27. The van der Waals surface area contributed by atoms with Crippen LogP contribution in [0.25, 0.3) is 0 Å². The molecule has 1 atom stereocenters. The summed E-state index contributed by atoms with van der Waals surface area (Å²) in [5.41, 5.74) is 0.277. The van der Waals surface area contributed by atoms with Crippen LogP contribution in [0.3, 0.4) is 0 Å². The fraction of sp³-hybridized carbons (Fsp3) is 0.611. The van der Waals surface area contributed by atoms with E-state index >= 15 is 0 Å². The van der Waals surface area contributed by atoms with Crippen molar-refractivity contribution in [3.63, 3.8) is 0 Å². The Labute approximate surface area is 142 Å². The lowest BCUT2D eigenvalue weighted by Gasteiger charge is -2.50. The molecular formula is C18H26N2O4. The third-order valence-electron chi connectivity index (χ3n) is 5.17. The van der Waals surface area contributed by atoms with Gasteiger partial charge in [-0.25, -0.2) is 0 Å². The number of hydrogen-bond acceptors (Lipinski definition) is 5. The standard InChI is InChI=1S/C18H26N2O4/c1-23-16-6-3-2-5-14(16)15(21)13-19-17(22)18(7-4-8-18)20-9-11-24-12-10-20/h2-3,5-6,15,21H,4,7-13H2,1H3,(H,19,22). The zero-order valence-corrected chi connectivity index (χ0v) is 14.2. The number of nitrogens with one attached hydrogen (secondary N) is 1. The fourth-order valence-electron chi connectivity index (χ4n) is 3.60. The van der Waals surface area contributed by atoms with Gasteiger partial charge in [-0.1, -0.05) is 18.2 Å². The summed E-state index contributed by atoms with van der Waals surface area (Å²) >= 11 is 0. The molecule has 1 saturated heterocycles. The molecule has 1 amide bonds. The number of benzene rings is 1. The van der Waals surface area contributed by atoms with E-state index in [0.29, 0.717) is 24.5 Å². The summed E-state index contributed by atoms with van der Waals surface area (Å²) in [6, 6.07) is 7.33. The highest BCUT2D eigenvalue weighted by molar-refractivity contribution is 5.87. The van der Waals surface area contributed by atoms with E-state index in [1.165, 1.54) is 0 Å². The predicted molar refractivity (Wildman–Crippen MR) is 89.9 cm³/mol. The molecule has 3 rings (SSSR count). The van der Waals surface area contributed by atoms with Crippen molar-refractivity contribution in [3.05, 3.63) is 29.8 Å². The van der Waals surface area contributed by atoms with E-state index in [4.69, 9.17) is 9.47 Å². The van der Waals surface area contributed by atoms with Crippen molar-refractivity contribution in [2.75, 3.05) is 40.0 Å². The predicted octanol–water partition coefficient (Wildman–Crippen LogP) is 1.10. The Morgan fingerprint density at radius 3 is 2.71 bits per heavy atom. The Bertz CT molecular complexity index is 568. The first-order chi connectivity index (χ1) is 11.7. The molecule has 6 nitrogen and oxygen atoms in total. The van der Waals surface area contributed by atoms with Gasteiger partial charge in [-0.05, 0) is 25.3 Å². The second kappa shape index (κ2) is 7.51. The van der Waals surface area contributed by atoms with E-state index < -0.39 is 11.6 Å². The summed E-state index contributed by atoms with van der Waals surface area (Å²) in [4.78, 5) is 15.0. The number of hydrogen-bond donors (Lipinski definition) is 2. The quantitative estimate of drug-likeness (QED) is 0.815. The van der Waals surface area contributed by atoms with Gasteiger partial charge < -0.3 is 19.9 Å². The van der Waals surface area contributed by atoms with E-state index in [-0.39, 0.29) is 12.5 Å². The average molecular weight is 334 g/mol. The van der Waals surface area contributed by atoms with Crippen LogP contribution in [-0.4, -0.2) is 61.4 Å². The normalized spacial score (nSPS) is 21.6. The largest absolute Gasteiger partial charge is 0.496 e. The molecule has 0 radical (unpaired) electrons. The molecule has 1 aliphatic heterocycles. The highest BCUT2D eigenvalue weighted by Crippen LogP contribution is 2.38. The molecule has 0 aromatic heterocycles. The third-order valence-corrected chi connectivity index (χ3v) is 5.17. The van der Waals surface area contributed by atoms with Crippen LogP contribution in [0.15, 0.2) is 24.3 Å². The topological polar surface area (TPSA) is 71.0 Å². The summed E-state index contributed by atoms with van der Waals surface area (Å²) in [5, 5.41) is 13.4. The van der Waals surface area contributed by atoms with Crippen molar-refractivity contribution in [2.24, 2.45) is 0 Å². The summed E-state index contributed by atoms with van der Waals surface area (Å²) in [6.45, 7) is 3.13. The van der Waals surface area contributed by atoms with E-state index in [9.17, 15) is 9.90 Å². The maximum atomic E-state index is 12.8. The van der Waals surface area contributed by atoms with Gasteiger partial charge in [0.2, 0.25) is 5.91 Å². The van der Waals surface area contributed by atoms with Crippen molar-refractivity contribution < 1.29 is 19.4 Å². The first-order valence-corrected chi connectivity index (χ1v) is 8.59. The molecule has 0 bridgehead atoms. The van der Waals surface area contributed by atoms with Gasteiger partial charge in [0.25, 0.3) is 0 Å². The summed E-state index contributed by atoms with van der Waals surface area (Å²) < 4.78 is 10.7. The number of amides is 1. The Balaban J connectivity index is 1.61. The lowest BCUT2D eigenvalue weighted by molar-refractivity contribution is -0.145. The van der Waals surface area contributed by atoms with Gasteiger partial charge >= 0.3 is 0 Å². The van der Waals surface area contributed by atoms with Crippen molar-refractivity contribution in [3.8, 4) is 5.75 Å². The SMILES string of the molecule is COc1ccccc1C(O)CNC(=O)C1(N2CCOCC2)CCC1. The number of aliphatic hydroxyl groups is 1. The lowest BCUT2D eigenvalue weighted by Crippen LogP contribution is -2.65. The molecule has 1 aromatic rings. The molecule has 1 saturated carbocycles. The van der Waals surface area contributed by atoms with E-state index in [1.807, 2.05) is 24.3 Å². The number of carbonyl (C=O) groups excluding carboxylic acids is 1. The van der Waals surface area contributed by atoms with Crippen LogP contribution in [0.2, 0.25) is 0 Å². The number of morpholine rings is 1. The van der Waals surface area contributed by atoms with Crippen LogP contribution in [0.4, 0.5) is 0 Å². The molecule has 132 valence electrons. The van der Waals surface area contributed by atoms with Crippen molar-refractivity contribution >= 4 is 5.91 Å². The van der Waals surface area contributed by atoms with Gasteiger partial charge in [0, 0.05) is 25.2 Å². The molecule has 0 spiro atoms. The minimum atomic E-state index is -0.785. The highest BCUT2D eigenvalue weighted by Gasteiger charge is 2.49. The number of rotatable bonds is 6. The number of methoxy groups -OCH3 is 1. The van der Waals surface area contributed by atoms with Crippen LogP contribution >= 0.6 is 0 Å². The van der Waals surface area contributed by atoms with Gasteiger partial charge in [0.15, 0.2) is 0 Å². The van der Waals surface area contributed by atoms with Crippen molar-refractivity contribution in [1.82, 2.24) is 10.2 Å². The molecule has 2 N–H and O–H groups in total. The number of nitrogens with zero attached hydrogens (tertiary/aromatic N) is 1. The van der Waals surface area contributed by atoms with Crippen molar-refractivity contribution in [2.45, 2.75) is 30.9 Å². The first-order valence-electron chi connectivity index (χ1n) is 8.59. The van der Waals surface area contributed by atoms with Gasteiger partial charge in [-0.3, -0.25) is 9.69 Å². The van der Waals surface area contributed by atoms with E-state index in [2.05, 4.69) is 10.2 Å². The Morgan fingerprint density at radius 2 is 2.08 bits per heavy atom. The van der Waals surface area contributed by atoms with Crippen molar-refractivity contribution in [1.29, 1.82) is 0 Å². The summed E-state index contributed by atoms with van der Waals surface area (Å²) in [7, 11) is 1.58. The van der Waals surface area contributed by atoms with Gasteiger partial charge in [0.1, 0.15) is 11.3 Å². The zero-order valence-electron chi connectivity index (χ0n) is 14.2. The monoisotopic (exact) mass is 334 g/mol. The summed E-state index contributed by atoms with van der Waals surface area (Å²) in [6.07, 6.45) is 2.04. The maximum absolute atomic E-state index is 12.8. The first kappa shape index (κ1) is 17.2. The minimum Gasteiger partial charge on any atom is -0.496 e. The molecule has 2 aliphatic rings. The average Bonchev–Trinajstić information content (AvgIpc) is 2.59.